The minimum atomic E-state index is -0.255. The molecule has 0 N–H and O–H groups in total. The maximum Gasteiger partial charge on any atom is 0.118 e. The van der Waals surface area contributed by atoms with Gasteiger partial charge < -0.3 is 0 Å². The number of hydrogen-bond acceptors (Lipinski definition) is 1. The third-order valence-electron chi connectivity index (χ3n) is 2.62. The molecule has 0 amide bonds. The average molecular weight is 179 g/mol. The molecule has 2 heteroatoms. The average Bonchev–Trinajstić information content (AvgIpc) is 2.17. The van der Waals surface area contributed by atoms with Crippen molar-refractivity contribution in [1.82, 2.24) is 0 Å². The highest BCUT2D eigenvalue weighted by Gasteiger charge is 2.15. The Balaban J connectivity index is 2.88. The van der Waals surface area contributed by atoms with Crippen LogP contribution in [-0.4, -0.2) is 0 Å². The van der Waals surface area contributed by atoms with E-state index in [1.807, 2.05) is 6.07 Å². The first-order valence-corrected chi connectivity index (χ1v) is 4.68. The van der Waals surface area contributed by atoms with Crippen LogP contribution in [0, 0.1) is 17.2 Å². The molecule has 0 saturated heterocycles. The highest BCUT2D eigenvalue weighted by Crippen LogP contribution is 2.29. The summed E-state index contributed by atoms with van der Waals surface area (Å²) < 4.78 is 13.0. The molecule has 0 radical (unpaired) electrons. The first-order chi connectivity index (χ1) is 6.19. The Bertz CT molecular complexity index is 294. The molecule has 0 bridgehead atoms. The Morgan fingerprint density at radius 3 is 2.85 bits per heavy atom. The van der Waals surface area contributed by atoms with Crippen LogP contribution in [0.4, 0.5) is 4.39 Å². The van der Waals surface area contributed by atoms with E-state index in [1.165, 1.54) is 5.57 Å². The van der Waals surface area contributed by atoms with Crippen LogP contribution in [0.15, 0.2) is 23.0 Å². The fraction of sp³-hybridized carbons (Fsp3) is 0.545. The summed E-state index contributed by atoms with van der Waals surface area (Å²) in [5, 5.41) is 8.64. The molecule has 1 unspecified atom stereocenters. The lowest BCUT2D eigenvalue weighted by molar-refractivity contribution is 0.545. The maximum atomic E-state index is 13.0. The number of rotatable bonds is 2. The predicted molar refractivity (Wildman–Crippen MR) is 50.5 cm³/mol. The first kappa shape index (κ1) is 9.98. The minimum Gasteiger partial charge on any atom is -0.210 e. The summed E-state index contributed by atoms with van der Waals surface area (Å²) in [7, 11) is 0. The smallest absolute Gasteiger partial charge is 0.118 e. The van der Waals surface area contributed by atoms with E-state index in [4.69, 9.17) is 5.26 Å². The zero-order valence-electron chi connectivity index (χ0n) is 8.10. The molecule has 1 nitrogen and oxygen atoms in total. The Hall–Kier alpha value is -1.10. The van der Waals surface area contributed by atoms with E-state index in [2.05, 4.69) is 13.8 Å². The van der Waals surface area contributed by atoms with Crippen molar-refractivity contribution in [2.45, 2.75) is 33.1 Å². The lowest BCUT2D eigenvalue weighted by Gasteiger charge is -2.17. The van der Waals surface area contributed by atoms with Crippen LogP contribution < -0.4 is 0 Å². The largest absolute Gasteiger partial charge is 0.210 e. The summed E-state index contributed by atoms with van der Waals surface area (Å²) in [5.41, 5.74) is 1.43. The van der Waals surface area contributed by atoms with Crippen molar-refractivity contribution in [3.05, 3.63) is 23.0 Å². The van der Waals surface area contributed by atoms with Crippen molar-refractivity contribution >= 4 is 0 Å². The first-order valence-electron chi connectivity index (χ1n) is 4.68. The van der Waals surface area contributed by atoms with Crippen molar-refractivity contribution in [3.8, 4) is 6.07 Å². The van der Waals surface area contributed by atoms with Crippen LogP contribution in [0.2, 0.25) is 0 Å². The van der Waals surface area contributed by atoms with E-state index in [-0.39, 0.29) is 11.4 Å². The van der Waals surface area contributed by atoms with E-state index in [0.717, 1.165) is 12.8 Å². The van der Waals surface area contributed by atoms with Gasteiger partial charge in [0.15, 0.2) is 0 Å². The van der Waals surface area contributed by atoms with Gasteiger partial charge >= 0.3 is 0 Å². The Morgan fingerprint density at radius 1 is 1.62 bits per heavy atom. The molecule has 0 saturated carbocycles. The molecule has 1 atom stereocenters. The van der Waals surface area contributed by atoms with Gasteiger partial charge in [0.05, 0.1) is 5.57 Å². The van der Waals surface area contributed by atoms with Gasteiger partial charge in [-0.15, -0.1) is 0 Å². The Morgan fingerprint density at radius 2 is 2.31 bits per heavy atom. The second kappa shape index (κ2) is 4.23. The highest BCUT2D eigenvalue weighted by molar-refractivity contribution is 5.41. The quantitative estimate of drug-likeness (QED) is 0.636. The molecule has 0 aliphatic heterocycles. The van der Waals surface area contributed by atoms with E-state index in [0.29, 0.717) is 12.3 Å². The molecule has 1 aliphatic carbocycles. The van der Waals surface area contributed by atoms with Gasteiger partial charge in [-0.3, -0.25) is 0 Å². The lowest BCUT2D eigenvalue weighted by Crippen LogP contribution is -2.03. The van der Waals surface area contributed by atoms with Gasteiger partial charge in [0.25, 0.3) is 0 Å². The van der Waals surface area contributed by atoms with Gasteiger partial charge in [0.1, 0.15) is 11.9 Å². The second-order valence-electron chi connectivity index (χ2n) is 3.46. The van der Waals surface area contributed by atoms with Crippen LogP contribution in [0.3, 0.4) is 0 Å². The third kappa shape index (κ3) is 2.18. The molecule has 0 aromatic rings. The maximum absolute atomic E-state index is 13.0. The zero-order chi connectivity index (χ0) is 9.84. The highest BCUT2D eigenvalue weighted by atomic mass is 19.1. The number of halogens is 1. The van der Waals surface area contributed by atoms with Crippen LogP contribution >= 0.6 is 0 Å². The van der Waals surface area contributed by atoms with Gasteiger partial charge in [-0.25, -0.2) is 4.39 Å². The molecule has 0 spiro atoms. The molecule has 13 heavy (non-hydrogen) atoms. The van der Waals surface area contributed by atoms with Gasteiger partial charge in [-0.2, -0.15) is 5.26 Å². The number of nitrogens with zero attached hydrogens (tertiary/aromatic N) is 1. The summed E-state index contributed by atoms with van der Waals surface area (Å²) in [6.07, 6.45) is 3.93. The molecule has 1 aliphatic rings. The standard InChI is InChI=1S/C11H14FN/c1-3-8(2)9-4-5-11(12)10(6-9)7-13/h6,8H,3-5H2,1-2H3. The Labute approximate surface area is 78.6 Å². The second-order valence-corrected chi connectivity index (χ2v) is 3.46. The van der Waals surface area contributed by atoms with Crippen LogP contribution in [0.1, 0.15) is 33.1 Å². The molecular formula is C11H14FN. The van der Waals surface area contributed by atoms with Gasteiger partial charge in [-0.05, 0) is 24.8 Å². The summed E-state index contributed by atoms with van der Waals surface area (Å²) >= 11 is 0. The van der Waals surface area contributed by atoms with Crippen molar-refractivity contribution in [2.24, 2.45) is 5.92 Å². The summed E-state index contributed by atoms with van der Waals surface area (Å²) in [6.45, 7) is 4.22. The van der Waals surface area contributed by atoms with E-state index < -0.39 is 0 Å². The van der Waals surface area contributed by atoms with Gasteiger partial charge in [-0.1, -0.05) is 19.4 Å². The lowest BCUT2D eigenvalue weighted by atomic mass is 9.89. The minimum absolute atomic E-state index is 0.224. The van der Waals surface area contributed by atoms with Crippen LogP contribution in [-0.2, 0) is 0 Å². The molecule has 0 aromatic carbocycles. The predicted octanol–water partition coefficient (Wildman–Crippen LogP) is 3.50. The fourth-order valence-corrected chi connectivity index (χ4v) is 1.47. The molecule has 0 heterocycles. The number of allylic oxidation sites excluding steroid dienone is 4. The van der Waals surface area contributed by atoms with Crippen molar-refractivity contribution < 1.29 is 4.39 Å². The third-order valence-corrected chi connectivity index (χ3v) is 2.62. The van der Waals surface area contributed by atoms with Crippen LogP contribution in [0.25, 0.3) is 0 Å². The summed E-state index contributed by atoms with van der Waals surface area (Å²) in [4.78, 5) is 0. The molecule has 1 rings (SSSR count). The van der Waals surface area contributed by atoms with E-state index in [9.17, 15) is 4.39 Å². The molecule has 0 aromatic heterocycles. The Kier molecular flexibility index (Phi) is 3.25. The molecular weight excluding hydrogens is 165 g/mol. The van der Waals surface area contributed by atoms with Crippen molar-refractivity contribution in [2.75, 3.05) is 0 Å². The van der Waals surface area contributed by atoms with Gasteiger partial charge in [0, 0.05) is 6.42 Å². The molecule has 0 fully saturated rings. The normalized spacial score (nSPS) is 19.4. The number of hydrogen-bond donors (Lipinski definition) is 0. The number of nitriles is 1. The van der Waals surface area contributed by atoms with E-state index in [1.54, 1.807) is 6.08 Å². The topological polar surface area (TPSA) is 23.8 Å². The zero-order valence-corrected chi connectivity index (χ0v) is 8.10. The van der Waals surface area contributed by atoms with Crippen molar-refractivity contribution in [1.29, 1.82) is 5.26 Å². The fourth-order valence-electron chi connectivity index (χ4n) is 1.47. The SMILES string of the molecule is CCC(C)C1=CC(C#N)=C(F)CC1. The summed E-state index contributed by atoms with van der Waals surface area (Å²) in [6, 6.07) is 1.89. The van der Waals surface area contributed by atoms with E-state index >= 15 is 0 Å². The monoisotopic (exact) mass is 179 g/mol. The summed E-state index contributed by atoms with van der Waals surface area (Å²) in [5.74, 6) is 0.214. The van der Waals surface area contributed by atoms with Crippen molar-refractivity contribution in [3.63, 3.8) is 0 Å². The van der Waals surface area contributed by atoms with Gasteiger partial charge in [0.2, 0.25) is 0 Å². The van der Waals surface area contributed by atoms with Crippen LogP contribution in [0.5, 0.6) is 0 Å². The molecule has 70 valence electrons.